The minimum absolute atomic E-state index is 0.0194. The van der Waals surface area contributed by atoms with Crippen LogP contribution < -0.4 is 10.0 Å². The van der Waals surface area contributed by atoms with Crippen molar-refractivity contribution < 1.29 is 14.8 Å². The van der Waals surface area contributed by atoms with Crippen molar-refractivity contribution in [3.63, 3.8) is 0 Å². The summed E-state index contributed by atoms with van der Waals surface area (Å²) in [5.41, 5.74) is 0.0194. The number of carbonyl (C=O) groups is 1. The van der Waals surface area contributed by atoms with E-state index in [-0.39, 0.29) is 5.56 Å². The largest absolute Gasteiger partial charge is 0.545 e. The van der Waals surface area contributed by atoms with E-state index in [4.69, 9.17) is 0 Å². The Morgan fingerprint density at radius 3 is 2.43 bits per heavy atom. The maximum Gasteiger partial charge on any atom is 0.133 e. The smallest absolute Gasteiger partial charge is 0.133 e. The first-order valence-corrected chi connectivity index (χ1v) is 4.41. The molecule has 0 radical (unpaired) electrons. The highest BCUT2D eigenvalue weighted by Crippen LogP contribution is 1.94. The van der Waals surface area contributed by atoms with E-state index in [1.807, 2.05) is 14.1 Å². The Morgan fingerprint density at radius 2 is 2.00 bits per heavy atom. The number of aromatic carboxylic acids is 1. The highest BCUT2D eigenvalue weighted by molar-refractivity contribution is 5.84. The van der Waals surface area contributed by atoms with Crippen LogP contribution in [0, 0.1) is 0 Å². The first-order chi connectivity index (χ1) is 6.59. The van der Waals surface area contributed by atoms with E-state index in [9.17, 15) is 9.90 Å². The number of hydrogen-bond donors (Lipinski definition) is 1. The molecule has 0 aliphatic rings. The third kappa shape index (κ3) is 3.10. The predicted octanol–water partition coefficient (Wildman–Crippen LogP) is -2.47. The fourth-order valence-electron chi connectivity index (χ4n) is 0.951. The van der Waals surface area contributed by atoms with E-state index >= 15 is 0 Å². The summed E-state index contributed by atoms with van der Waals surface area (Å²) in [5.74, 6) is -0.578. The van der Waals surface area contributed by atoms with Crippen molar-refractivity contribution in [3.05, 3.63) is 23.8 Å². The van der Waals surface area contributed by atoms with Gasteiger partial charge in [-0.15, -0.1) is 0 Å². The Labute approximate surface area is 82.4 Å². The van der Waals surface area contributed by atoms with Crippen molar-refractivity contribution in [2.45, 2.75) is 6.42 Å². The van der Waals surface area contributed by atoms with Gasteiger partial charge in [-0.05, 0) is 0 Å². The van der Waals surface area contributed by atoms with Gasteiger partial charge in [-0.2, -0.15) is 0 Å². The van der Waals surface area contributed by atoms with Crippen molar-refractivity contribution in [2.24, 2.45) is 0 Å². The average molecular weight is 195 g/mol. The lowest BCUT2D eigenvalue weighted by atomic mass is 10.3. The molecule has 0 unspecified atom stereocenters. The highest BCUT2D eigenvalue weighted by atomic mass is 16.4. The number of likely N-dealkylation sites (N-methyl/N-ethyl adjacent to an activating group) is 1. The number of nitrogens with zero attached hydrogens (tertiary/aromatic N) is 2. The van der Waals surface area contributed by atoms with Gasteiger partial charge in [0.25, 0.3) is 0 Å². The van der Waals surface area contributed by atoms with Crippen molar-refractivity contribution in [2.75, 3.05) is 20.6 Å². The topological polar surface area (TPSA) is 70.4 Å². The summed E-state index contributed by atoms with van der Waals surface area (Å²) in [7, 11) is 4.07. The molecule has 14 heavy (non-hydrogen) atoms. The number of aromatic nitrogens is 2. The molecule has 0 fully saturated rings. The van der Waals surface area contributed by atoms with Gasteiger partial charge in [0.2, 0.25) is 0 Å². The summed E-state index contributed by atoms with van der Waals surface area (Å²) in [6.45, 7) is 0.921. The molecule has 0 aliphatic carbocycles. The van der Waals surface area contributed by atoms with E-state index in [1.165, 1.54) is 17.3 Å². The number of hydrogen-bond acceptors (Lipinski definition) is 4. The summed E-state index contributed by atoms with van der Waals surface area (Å²) in [6.07, 6.45) is 3.31. The summed E-state index contributed by atoms with van der Waals surface area (Å²) in [4.78, 5) is 19.5. The van der Waals surface area contributed by atoms with Gasteiger partial charge < -0.3 is 14.8 Å². The van der Waals surface area contributed by atoms with E-state index in [2.05, 4.69) is 9.97 Å². The van der Waals surface area contributed by atoms with Gasteiger partial charge in [-0.25, -0.2) is 9.97 Å². The fourth-order valence-corrected chi connectivity index (χ4v) is 0.951. The van der Waals surface area contributed by atoms with Crippen molar-refractivity contribution >= 4 is 5.97 Å². The van der Waals surface area contributed by atoms with Gasteiger partial charge in [0, 0.05) is 18.0 Å². The minimum atomic E-state index is -1.24. The number of quaternary nitrogens is 1. The molecule has 0 amide bonds. The molecule has 0 aliphatic heterocycles. The standard InChI is InChI=1S/C9H13N3O2/c1-12(2)4-3-8-10-5-7(6-11-8)9(13)14/h5-6H,3-4H2,1-2H3,(H,13,14). The molecule has 76 valence electrons. The zero-order chi connectivity index (χ0) is 10.6. The van der Waals surface area contributed by atoms with Crippen LogP contribution in [0.4, 0.5) is 0 Å². The molecule has 0 spiro atoms. The summed E-state index contributed by atoms with van der Waals surface area (Å²) in [5, 5.41) is 10.4. The Hall–Kier alpha value is -1.49. The quantitative estimate of drug-likeness (QED) is 0.578. The number of carboxylic acids is 1. The second-order valence-electron chi connectivity index (χ2n) is 3.38. The Balaban J connectivity index is 2.60. The van der Waals surface area contributed by atoms with Crippen LogP contribution in [0.15, 0.2) is 12.4 Å². The first kappa shape index (κ1) is 10.6. The van der Waals surface area contributed by atoms with Crippen molar-refractivity contribution in [3.8, 4) is 0 Å². The highest BCUT2D eigenvalue weighted by Gasteiger charge is 2.00. The van der Waals surface area contributed by atoms with Crippen LogP contribution in [-0.4, -0.2) is 36.6 Å². The van der Waals surface area contributed by atoms with Crippen LogP contribution >= 0.6 is 0 Å². The molecule has 5 heteroatoms. The maximum absolute atomic E-state index is 10.4. The summed E-state index contributed by atoms with van der Waals surface area (Å²) in [6, 6.07) is 0. The van der Waals surface area contributed by atoms with Gasteiger partial charge >= 0.3 is 0 Å². The van der Waals surface area contributed by atoms with Gasteiger partial charge in [0.05, 0.1) is 33.0 Å². The maximum atomic E-state index is 10.4. The fraction of sp³-hybridized carbons (Fsp3) is 0.444. The number of carbonyl (C=O) groups excluding carboxylic acids is 1. The molecular formula is C9H13N3O2. The van der Waals surface area contributed by atoms with Gasteiger partial charge in [-0.3, -0.25) is 0 Å². The van der Waals surface area contributed by atoms with Crippen LogP contribution in [0.25, 0.3) is 0 Å². The predicted molar refractivity (Wildman–Crippen MR) is 47.7 cm³/mol. The molecule has 5 nitrogen and oxygen atoms in total. The molecule has 0 saturated carbocycles. The van der Waals surface area contributed by atoms with Crippen molar-refractivity contribution in [1.29, 1.82) is 0 Å². The lowest BCUT2D eigenvalue weighted by Crippen LogP contribution is -3.06. The molecule has 1 N–H and O–H groups in total. The van der Waals surface area contributed by atoms with E-state index in [0.29, 0.717) is 5.82 Å². The monoisotopic (exact) mass is 195 g/mol. The van der Waals surface area contributed by atoms with Gasteiger partial charge in [0.1, 0.15) is 5.82 Å². The third-order valence-electron chi connectivity index (χ3n) is 1.79. The normalized spacial score (nSPS) is 10.5. The molecule has 0 aromatic carbocycles. The zero-order valence-electron chi connectivity index (χ0n) is 8.28. The zero-order valence-corrected chi connectivity index (χ0v) is 8.28. The lowest BCUT2D eigenvalue weighted by molar-refractivity contribution is -0.858. The molecule has 0 saturated heterocycles. The Morgan fingerprint density at radius 1 is 1.43 bits per heavy atom. The van der Waals surface area contributed by atoms with E-state index in [0.717, 1.165) is 13.0 Å². The minimum Gasteiger partial charge on any atom is -0.545 e. The molecule has 1 aromatic rings. The number of nitrogens with one attached hydrogen (secondary N) is 1. The van der Waals surface area contributed by atoms with Gasteiger partial charge in [-0.1, -0.05) is 0 Å². The molecule has 1 heterocycles. The number of rotatable bonds is 4. The molecule has 0 atom stereocenters. The van der Waals surface area contributed by atoms with E-state index in [1.54, 1.807) is 0 Å². The van der Waals surface area contributed by atoms with Crippen LogP contribution in [0.2, 0.25) is 0 Å². The Bertz CT molecular complexity index is 308. The van der Waals surface area contributed by atoms with Crippen LogP contribution in [0.1, 0.15) is 16.2 Å². The van der Waals surface area contributed by atoms with Crippen molar-refractivity contribution in [1.82, 2.24) is 9.97 Å². The Kier molecular flexibility index (Phi) is 3.53. The average Bonchev–Trinajstić information content (AvgIpc) is 2.15. The van der Waals surface area contributed by atoms with E-state index < -0.39 is 5.97 Å². The molecular weight excluding hydrogens is 182 g/mol. The third-order valence-corrected chi connectivity index (χ3v) is 1.79. The van der Waals surface area contributed by atoms with Crippen LogP contribution in [0.3, 0.4) is 0 Å². The molecule has 0 bridgehead atoms. The first-order valence-electron chi connectivity index (χ1n) is 4.41. The summed E-state index contributed by atoms with van der Waals surface area (Å²) >= 11 is 0. The van der Waals surface area contributed by atoms with Crippen LogP contribution in [0.5, 0.6) is 0 Å². The van der Waals surface area contributed by atoms with Gasteiger partial charge in [0.15, 0.2) is 0 Å². The second kappa shape index (κ2) is 4.66. The SMILES string of the molecule is C[NH+](C)CCc1ncc(C(=O)[O-])cn1. The summed E-state index contributed by atoms with van der Waals surface area (Å²) < 4.78 is 0. The molecule has 1 aromatic heterocycles. The van der Waals surface area contributed by atoms with Crippen LogP contribution in [-0.2, 0) is 6.42 Å². The lowest BCUT2D eigenvalue weighted by Gasteiger charge is -2.06. The second-order valence-corrected chi connectivity index (χ2v) is 3.38. The number of carboxylic acid groups (broad SMARTS) is 1. The molecule has 1 rings (SSSR count).